The van der Waals surface area contributed by atoms with Gasteiger partial charge in [-0.3, -0.25) is 4.79 Å². The van der Waals surface area contributed by atoms with Gasteiger partial charge in [0.1, 0.15) is 0 Å². The maximum Gasteiger partial charge on any atom is 0.251 e. The summed E-state index contributed by atoms with van der Waals surface area (Å²) in [6.07, 6.45) is 0.852. The molecule has 1 unspecified atom stereocenters. The lowest BCUT2D eigenvalue weighted by atomic mass is 10.1. The Morgan fingerprint density at radius 1 is 1.17 bits per heavy atom. The minimum absolute atomic E-state index is 0.154. The highest BCUT2D eigenvalue weighted by Gasteiger charge is 2.19. The van der Waals surface area contributed by atoms with Crippen LogP contribution in [-0.4, -0.2) is 19.1 Å². The zero-order valence-electron chi connectivity index (χ0n) is 13.1. The average Bonchev–Trinajstić information content (AvgIpc) is 2.79. The molecule has 126 valence electrons. The van der Waals surface area contributed by atoms with Crippen LogP contribution in [0.15, 0.2) is 40.9 Å². The Bertz CT molecular complexity index is 749. The fraction of sp³-hybridized carbons (Fsp3) is 0.278. The largest absolute Gasteiger partial charge is 0.490 e. The maximum atomic E-state index is 12.4. The second kappa shape index (κ2) is 7.45. The lowest BCUT2D eigenvalue weighted by Crippen LogP contribution is -2.26. The zero-order chi connectivity index (χ0) is 17.1. The lowest BCUT2D eigenvalue weighted by Gasteiger charge is -2.18. The number of nitrogens with one attached hydrogen (secondary N) is 1. The van der Waals surface area contributed by atoms with Crippen molar-refractivity contribution in [3.8, 4) is 11.5 Å². The van der Waals surface area contributed by atoms with Crippen molar-refractivity contribution in [1.82, 2.24) is 5.32 Å². The van der Waals surface area contributed by atoms with Gasteiger partial charge in [0.05, 0.1) is 19.3 Å². The van der Waals surface area contributed by atoms with Crippen molar-refractivity contribution in [3.63, 3.8) is 0 Å². The number of benzene rings is 2. The number of fused-ring (bicyclic) bond motifs is 1. The Morgan fingerprint density at radius 2 is 1.79 bits per heavy atom. The molecule has 4 nitrogen and oxygen atoms in total. The van der Waals surface area contributed by atoms with Crippen molar-refractivity contribution < 1.29 is 14.3 Å². The molecule has 1 amide bonds. The van der Waals surface area contributed by atoms with Crippen LogP contribution < -0.4 is 14.8 Å². The van der Waals surface area contributed by atoms with E-state index in [9.17, 15) is 4.79 Å². The summed E-state index contributed by atoms with van der Waals surface area (Å²) >= 11 is 9.41. The van der Waals surface area contributed by atoms with Crippen LogP contribution in [0.2, 0.25) is 5.02 Å². The van der Waals surface area contributed by atoms with Crippen molar-refractivity contribution >= 4 is 33.4 Å². The predicted molar refractivity (Wildman–Crippen MR) is 97.1 cm³/mol. The molecule has 3 rings (SSSR count). The number of hydrogen-bond donors (Lipinski definition) is 1. The van der Waals surface area contributed by atoms with Crippen LogP contribution in [0.25, 0.3) is 0 Å². The van der Waals surface area contributed by atoms with E-state index >= 15 is 0 Å². The van der Waals surface area contributed by atoms with Gasteiger partial charge in [0.15, 0.2) is 11.5 Å². The Labute approximate surface area is 154 Å². The fourth-order valence-electron chi connectivity index (χ4n) is 2.49. The zero-order valence-corrected chi connectivity index (χ0v) is 15.5. The molecule has 0 saturated carbocycles. The monoisotopic (exact) mass is 409 g/mol. The standard InChI is InChI=1S/C18H17BrClNO3/c1-11(21-18(22)12-3-5-13(20)6-4-12)14-9-16-17(10-15(14)19)24-8-2-7-23-16/h3-6,9-11H,2,7-8H2,1H3,(H,21,22). The van der Waals surface area contributed by atoms with Crippen LogP contribution in [-0.2, 0) is 0 Å². The first-order chi connectivity index (χ1) is 11.5. The highest BCUT2D eigenvalue weighted by Crippen LogP contribution is 2.37. The van der Waals surface area contributed by atoms with Crippen LogP contribution in [0.4, 0.5) is 0 Å². The van der Waals surface area contributed by atoms with Gasteiger partial charge in [0, 0.05) is 21.5 Å². The highest BCUT2D eigenvalue weighted by molar-refractivity contribution is 9.10. The molecule has 0 saturated heterocycles. The molecule has 6 heteroatoms. The van der Waals surface area contributed by atoms with Crippen molar-refractivity contribution in [2.45, 2.75) is 19.4 Å². The van der Waals surface area contributed by atoms with E-state index in [1.807, 2.05) is 19.1 Å². The predicted octanol–water partition coefficient (Wildman–Crippen LogP) is 4.75. The average molecular weight is 411 g/mol. The summed E-state index contributed by atoms with van der Waals surface area (Å²) in [7, 11) is 0. The molecular formula is C18H17BrClNO3. The molecule has 0 fully saturated rings. The second-order valence-electron chi connectivity index (χ2n) is 5.57. The third kappa shape index (κ3) is 3.84. The summed E-state index contributed by atoms with van der Waals surface area (Å²) < 4.78 is 12.3. The van der Waals surface area contributed by atoms with Gasteiger partial charge in [0.2, 0.25) is 0 Å². The Balaban J connectivity index is 1.79. The molecule has 2 aromatic carbocycles. The minimum Gasteiger partial charge on any atom is -0.490 e. The van der Waals surface area contributed by atoms with Crippen LogP contribution in [0.3, 0.4) is 0 Å². The first kappa shape index (κ1) is 17.1. The van der Waals surface area contributed by atoms with E-state index in [0.29, 0.717) is 29.5 Å². The van der Waals surface area contributed by atoms with Gasteiger partial charge in [-0.05, 0) is 48.9 Å². The van der Waals surface area contributed by atoms with Crippen LogP contribution in [0.1, 0.15) is 35.3 Å². The van der Waals surface area contributed by atoms with E-state index in [0.717, 1.165) is 22.2 Å². The number of hydrogen-bond acceptors (Lipinski definition) is 3. The third-order valence-corrected chi connectivity index (χ3v) is 4.73. The van der Waals surface area contributed by atoms with Crippen molar-refractivity contribution in [1.29, 1.82) is 0 Å². The van der Waals surface area contributed by atoms with E-state index in [1.54, 1.807) is 24.3 Å². The smallest absolute Gasteiger partial charge is 0.251 e. The fourth-order valence-corrected chi connectivity index (χ4v) is 3.28. The summed E-state index contributed by atoms with van der Waals surface area (Å²) in [5, 5.41) is 3.59. The van der Waals surface area contributed by atoms with E-state index in [-0.39, 0.29) is 11.9 Å². The molecule has 1 atom stereocenters. The van der Waals surface area contributed by atoms with Gasteiger partial charge in [-0.1, -0.05) is 27.5 Å². The van der Waals surface area contributed by atoms with Crippen molar-refractivity contribution in [3.05, 3.63) is 57.0 Å². The number of amides is 1. The van der Waals surface area contributed by atoms with Gasteiger partial charge in [-0.2, -0.15) is 0 Å². The number of carbonyl (C=O) groups is 1. The van der Waals surface area contributed by atoms with Crippen LogP contribution >= 0.6 is 27.5 Å². The van der Waals surface area contributed by atoms with Gasteiger partial charge >= 0.3 is 0 Å². The topological polar surface area (TPSA) is 47.6 Å². The van der Waals surface area contributed by atoms with E-state index in [4.69, 9.17) is 21.1 Å². The normalized spacial score (nSPS) is 14.6. The molecule has 0 bridgehead atoms. The first-order valence-corrected chi connectivity index (χ1v) is 8.87. The van der Waals surface area contributed by atoms with Crippen molar-refractivity contribution in [2.75, 3.05) is 13.2 Å². The number of rotatable bonds is 3. The molecule has 1 aliphatic rings. The van der Waals surface area contributed by atoms with Gasteiger partial charge in [0.25, 0.3) is 5.91 Å². The molecule has 0 radical (unpaired) electrons. The molecule has 0 aromatic heterocycles. The van der Waals surface area contributed by atoms with Crippen molar-refractivity contribution in [2.24, 2.45) is 0 Å². The Morgan fingerprint density at radius 3 is 2.46 bits per heavy atom. The molecular weight excluding hydrogens is 394 g/mol. The number of halogens is 2. The lowest BCUT2D eigenvalue weighted by molar-refractivity contribution is 0.0939. The van der Waals surface area contributed by atoms with Gasteiger partial charge < -0.3 is 14.8 Å². The van der Waals surface area contributed by atoms with E-state index in [1.165, 1.54) is 0 Å². The second-order valence-corrected chi connectivity index (χ2v) is 6.86. The van der Waals surface area contributed by atoms with Gasteiger partial charge in [-0.15, -0.1) is 0 Å². The quantitative estimate of drug-likeness (QED) is 0.794. The van der Waals surface area contributed by atoms with Gasteiger partial charge in [-0.25, -0.2) is 0 Å². The molecule has 24 heavy (non-hydrogen) atoms. The summed E-state index contributed by atoms with van der Waals surface area (Å²) in [5.41, 5.74) is 1.50. The van der Waals surface area contributed by atoms with E-state index < -0.39 is 0 Å². The SMILES string of the molecule is CC(NC(=O)c1ccc(Cl)cc1)c1cc2c(cc1Br)OCCCO2. The molecule has 2 aromatic rings. The molecule has 1 aliphatic heterocycles. The summed E-state index contributed by atoms with van der Waals surface area (Å²) in [6.45, 7) is 3.19. The molecule has 0 spiro atoms. The molecule has 1 N–H and O–H groups in total. The minimum atomic E-state index is -0.195. The number of ether oxygens (including phenoxy) is 2. The summed E-state index contributed by atoms with van der Waals surface area (Å²) in [6, 6.07) is 10.4. The molecule has 0 aliphatic carbocycles. The molecule has 1 heterocycles. The maximum absolute atomic E-state index is 12.4. The number of carbonyl (C=O) groups excluding carboxylic acids is 1. The van der Waals surface area contributed by atoms with Crippen LogP contribution in [0, 0.1) is 0 Å². The van der Waals surface area contributed by atoms with E-state index in [2.05, 4.69) is 21.2 Å². The van der Waals surface area contributed by atoms with Crippen LogP contribution in [0.5, 0.6) is 11.5 Å². The summed E-state index contributed by atoms with van der Waals surface area (Å²) in [4.78, 5) is 12.4. The first-order valence-electron chi connectivity index (χ1n) is 7.70. The Kier molecular flexibility index (Phi) is 5.31. The third-order valence-electron chi connectivity index (χ3n) is 3.79. The summed E-state index contributed by atoms with van der Waals surface area (Å²) in [5.74, 6) is 1.27. The Hall–Kier alpha value is -1.72. The highest BCUT2D eigenvalue weighted by atomic mass is 79.9.